The van der Waals surface area contributed by atoms with E-state index in [0.717, 1.165) is 38.5 Å². The van der Waals surface area contributed by atoms with Crippen LogP contribution in [-0.4, -0.2) is 41.9 Å². The number of hydrogen-bond donors (Lipinski definition) is 3. The van der Waals surface area contributed by atoms with Crippen molar-refractivity contribution in [2.75, 3.05) is 5.75 Å². The zero-order chi connectivity index (χ0) is 26.9. The molecule has 0 aromatic carbocycles. The molecular formula is C29H55NO5S. The van der Waals surface area contributed by atoms with E-state index in [-0.39, 0.29) is 12.3 Å². The Balaban J connectivity index is 4.17. The average molecular weight is 530 g/mol. The van der Waals surface area contributed by atoms with Gasteiger partial charge < -0.3 is 10.4 Å². The van der Waals surface area contributed by atoms with Crippen molar-refractivity contribution in [2.24, 2.45) is 0 Å². The molecule has 0 aliphatic heterocycles. The lowest BCUT2D eigenvalue weighted by atomic mass is 10.1. The van der Waals surface area contributed by atoms with Crippen molar-refractivity contribution in [3.05, 3.63) is 24.3 Å². The third-order valence-electron chi connectivity index (χ3n) is 6.38. The minimum absolute atomic E-state index is 0.288. The van der Waals surface area contributed by atoms with E-state index >= 15 is 0 Å². The molecule has 0 rings (SSSR count). The summed E-state index contributed by atoms with van der Waals surface area (Å²) in [6.45, 7) is 4.41. The van der Waals surface area contributed by atoms with Crippen LogP contribution in [0.15, 0.2) is 24.3 Å². The molecular weight excluding hydrogens is 474 g/mol. The lowest BCUT2D eigenvalue weighted by Crippen LogP contribution is -2.46. The largest absolute Gasteiger partial charge is 0.387 e. The molecule has 36 heavy (non-hydrogen) atoms. The van der Waals surface area contributed by atoms with Gasteiger partial charge in [-0.25, -0.2) is 0 Å². The molecule has 2 unspecified atom stereocenters. The number of nitrogens with one attached hydrogen (secondary N) is 1. The van der Waals surface area contributed by atoms with Crippen molar-refractivity contribution in [1.29, 1.82) is 0 Å². The maximum absolute atomic E-state index is 12.2. The highest BCUT2D eigenvalue weighted by Crippen LogP contribution is 2.11. The zero-order valence-electron chi connectivity index (χ0n) is 23.1. The van der Waals surface area contributed by atoms with Gasteiger partial charge in [0.25, 0.3) is 10.1 Å². The van der Waals surface area contributed by atoms with Crippen LogP contribution in [-0.2, 0) is 14.9 Å². The van der Waals surface area contributed by atoms with Crippen LogP contribution in [0, 0.1) is 0 Å². The molecule has 0 radical (unpaired) electrons. The van der Waals surface area contributed by atoms with E-state index < -0.39 is 28.0 Å². The first kappa shape index (κ1) is 34.8. The summed E-state index contributed by atoms with van der Waals surface area (Å²) in [6.07, 6.45) is 27.5. The monoisotopic (exact) mass is 529 g/mol. The highest BCUT2D eigenvalue weighted by Gasteiger charge is 2.24. The van der Waals surface area contributed by atoms with Gasteiger partial charge in [-0.15, -0.1) is 0 Å². The van der Waals surface area contributed by atoms with Crippen LogP contribution in [0.2, 0.25) is 0 Å². The van der Waals surface area contributed by atoms with Crippen LogP contribution in [0.4, 0.5) is 0 Å². The van der Waals surface area contributed by atoms with Gasteiger partial charge in [0, 0.05) is 6.42 Å². The lowest BCUT2D eigenvalue weighted by Gasteiger charge is -2.21. The van der Waals surface area contributed by atoms with E-state index in [1.807, 2.05) is 0 Å². The van der Waals surface area contributed by atoms with Crippen LogP contribution in [0.1, 0.15) is 136 Å². The van der Waals surface area contributed by atoms with E-state index in [2.05, 4.69) is 31.3 Å². The Morgan fingerprint density at radius 1 is 0.722 bits per heavy atom. The molecule has 0 fully saturated rings. The molecule has 0 aromatic heterocycles. The molecule has 0 aliphatic rings. The molecule has 0 heterocycles. The Bertz CT molecular complexity index is 675. The minimum Gasteiger partial charge on any atom is -0.387 e. The maximum Gasteiger partial charge on any atom is 0.267 e. The number of unbranched alkanes of at least 4 members (excludes halogenated alkanes) is 15. The lowest BCUT2D eigenvalue weighted by molar-refractivity contribution is -0.122. The fraction of sp³-hybridized carbons (Fsp3) is 0.828. The second-order valence-electron chi connectivity index (χ2n) is 10.0. The standard InChI is InChI=1S/C29H55NO5S/c1-3-5-7-9-11-12-13-14-15-16-17-19-20-22-24-28(31)27(26-36(33,34)35)30-29(32)25-23-21-18-10-8-6-4-2/h16-17,22,24,27-28,31H,3-15,18-21,23,25-26H2,1-2H3,(H,30,32)(H,33,34,35)/b17-16+,24-22+. The van der Waals surface area contributed by atoms with Crippen LogP contribution in [0.3, 0.4) is 0 Å². The zero-order valence-corrected chi connectivity index (χ0v) is 24.0. The molecule has 7 heteroatoms. The smallest absolute Gasteiger partial charge is 0.267 e. The predicted octanol–water partition coefficient (Wildman–Crippen LogP) is 7.28. The molecule has 0 aromatic rings. The molecule has 6 nitrogen and oxygen atoms in total. The van der Waals surface area contributed by atoms with Gasteiger partial charge in [0.1, 0.15) is 0 Å². The third-order valence-corrected chi connectivity index (χ3v) is 7.16. The van der Waals surface area contributed by atoms with E-state index in [9.17, 15) is 22.9 Å². The van der Waals surface area contributed by atoms with Crippen molar-refractivity contribution in [2.45, 2.75) is 148 Å². The molecule has 0 aliphatic carbocycles. The Labute approximate surface area is 222 Å². The summed E-state index contributed by atoms with van der Waals surface area (Å²) in [4.78, 5) is 12.2. The van der Waals surface area contributed by atoms with Crippen molar-refractivity contribution in [3.8, 4) is 0 Å². The number of hydrogen-bond acceptors (Lipinski definition) is 4. The number of carbonyl (C=O) groups is 1. The molecule has 2 atom stereocenters. The maximum atomic E-state index is 12.2. The van der Waals surface area contributed by atoms with Gasteiger partial charge in [-0.2, -0.15) is 8.42 Å². The van der Waals surface area contributed by atoms with Gasteiger partial charge in [-0.1, -0.05) is 122 Å². The number of amides is 1. The second kappa shape index (κ2) is 24.2. The Morgan fingerprint density at radius 2 is 1.19 bits per heavy atom. The number of aliphatic hydroxyl groups excluding tert-OH is 1. The van der Waals surface area contributed by atoms with Gasteiger partial charge in [0.2, 0.25) is 5.91 Å². The molecule has 3 N–H and O–H groups in total. The summed E-state index contributed by atoms with van der Waals surface area (Å²) < 4.78 is 32.0. The normalized spacial score (nSPS) is 14.0. The molecule has 0 saturated heterocycles. The number of aliphatic hydroxyl groups is 1. The van der Waals surface area contributed by atoms with Crippen LogP contribution >= 0.6 is 0 Å². The SMILES string of the molecule is CCCCCCCCCC/C=C/CC/C=C/C(O)C(CS(=O)(=O)O)NC(=O)CCCCCCCCC. The molecule has 1 amide bonds. The van der Waals surface area contributed by atoms with Crippen molar-refractivity contribution < 1.29 is 22.9 Å². The second-order valence-corrected chi connectivity index (χ2v) is 11.5. The van der Waals surface area contributed by atoms with Crippen LogP contribution in [0.5, 0.6) is 0 Å². The average Bonchev–Trinajstić information content (AvgIpc) is 2.82. The Morgan fingerprint density at radius 3 is 1.75 bits per heavy atom. The first-order valence-corrected chi connectivity index (χ1v) is 16.1. The molecule has 0 bridgehead atoms. The van der Waals surface area contributed by atoms with Gasteiger partial charge >= 0.3 is 0 Å². The first-order valence-electron chi connectivity index (χ1n) is 14.5. The molecule has 0 saturated carbocycles. The Kier molecular flexibility index (Phi) is 23.4. The number of rotatable bonds is 25. The Hall–Kier alpha value is -1.18. The topological polar surface area (TPSA) is 104 Å². The van der Waals surface area contributed by atoms with Crippen molar-refractivity contribution in [1.82, 2.24) is 5.32 Å². The van der Waals surface area contributed by atoms with E-state index in [4.69, 9.17) is 0 Å². The fourth-order valence-corrected chi connectivity index (χ4v) is 4.90. The quantitative estimate of drug-likeness (QED) is 0.0654. The first-order chi connectivity index (χ1) is 17.3. The van der Waals surface area contributed by atoms with Crippen LogP contribution < -0.4 is 5.32 Å². The highest BCUT2D eigenvalue weighted by molar-refractivity contribution is 7.85. The third kappa shape index (κ3) is 24.5. The van der Waals surface area contributed by atoms with Crippen molar-refractivity contribution in [3.63, 3.8) is 0 Å². The van der Waals surface area contributed by atoms with Gasteiger partial charge in [0.05, 0.1) is 17.9 Å². The van der Waals surface area contributed by atoms with E-state index in [1.54, 1.807) is 6.08 Å². The summed E-state index contributed by atoms with van der Waals surface area (Å²) in [5.41, 5.74) is 0. The molecule has 0 spiro atoms. The summed E-state index contributed by atoms with van der Waals surface area (Å²) in [5.74, 6) is -1.01. The summed E-state index contributed by atoms with van der Waals surface area (Å²) >= 11 is 0. The summed E-state index contributed by atoms with van der Waals surface area (Å²) in [5, 5.41) is 13.0. The van der Waals surface area contributed by atoms with Crippen molar-refractivity contribution >= 4 is 16.0 Å². The van der Waals surface area contributed by atoms with E-state index in [0.29, 0.717) is 0 Å². The van der Waals surface area contributed by atoms with Gasteiger partial charge in [-0.3, -0.25) is 9.35 Å². The van der Waals surface area contributed by atoms with Gasteiger partial charge in [-0.05, 0) is 32.1 Å². The molecule has 212 valence electrons. The number of carbonyl (C=O) groups excluding carboxylic acids is 1. The fourth-order valence-electron chi connectivity index (χ4n) is 4.17. The minimum atomic E-state index is -4.33. The van der Waals surface area contributed by atoms with E-state index in [1.165, 1.54) is 83.1 Å². The summed E-state index contributed by atoms with van der Waals surface area (Å²) in [6, 6.07) is -1.06. The van der Waals surface area contributed by atoms with Crippen LogP contribution in [0.25, 0.3) is 0 Å². The summed E-state index contributed by atoms with van der Waals surface area (Å²) in [7, 11) is -4.33. The predicted molar refractivity (Wildman–Crippen MR) is 152 cm³/mol. The highest BCUT2D eigenvalue weighted by atomic mass is 32.2. The number of allylic oxidation sites excluding steroid dienone is 3. The van der Waals surface area contributed by atoms with Gasteiger partial charge in [0.15, 0.2) is 0 Å².